The number of rotatable bonds is 5. The standard InChI is InChI=1S/C9H17NO2S/c11-5-2-1-3-9(12)10-8-4-6-13-7-8/h8,11H,1-7H2,(H,10,12). The molecular formula is C9H17NO2S. The average Bonchev–Trinajstić information content (AvgIpc) is 2.57. The van der Waals surface area contributed by atoms with E-state index in [0.717, 1.165) is 25.0 Å². The summed E-state index contributed by atoms with van der Waals surface area (Å²) in [5, 5.41) is 11.5. The lowest BCUT2D eigenvalue weighted by Gasteiger charge is -2.10. The third kappa shape index (κ3) is 4.52. The molecule has 0 aromatic heterocycles. The molecule has 1 heterocycles. The fraction of sp³-hybridized carbons (Fsp3) is 0.889. The van der Waals surface area contributed by atoms with Crippen LogP contribution < -0.4 is 5.32 Å². The number of unbranched alkanes of at least 4 members (excludes halogenated alkanes) is 1. The Hall–Kier alpha value is -0.220. The summed E-state index contributed by atoms with van der Waals surface area (Å²) in [5.41, 5.74) is 0. The first-order chi connectivity index (χ1) is 6.33. The van der Waals surface area contributed by atoms with Crippen molar-refractivity contribution in [1.82, 2.24) is 5.32 Å². The van der Waals surface area contributed by atoms with Gasteiger partial charge in [0, 0.05) is 24.8 Å². The molecular weight excluding hydrogens is 186 g/mol. The maximum Gasteiger partial charge on any atom is 0.220 e. The monoisotopic (exact) mass is 203 g/mol. The van der Waals surface area contributed by atoms with E-state index in [0.29, 0.717) is 12.5 Å². The number of aliphatic hydroxyl groups excluding tert-OH is 1. The van der Waals surface area contributed by atoms with Gasteiger partial charge >= 0.3 is 0 Å². The van der Waals surface area contributed by atoms with Gasteiger partial charge in [0.15, 0.2) is 0 Å². The molecule has 0 bridgehead atoms. The van der Waals surface area contributed by atoms with Gasteiger partial charge in [-0.15, -0.1) is 0 Å². The number of thioether (sulfide) groups is 1. The fourth-order valence-corrected chi connectivity index (χ4v) is 2.50. The zero-order chi connectivity index (χ0) is 9.52. The molecule has 1 aliphatic heterocycles. The van der Waals surface area contributed by atoms with Crippen LogP contribution in [0.15, 0.2) is 0 Å². The molecule has 76 valence electrons. The highest BCUT2D eigenvalue weighted by molar-refractivity contribution is 7.99. The minimum absolute atomic E-state index is 0.140. The second kappa shape index (κ2) is 6.27. The minimum Gasteiger partial charge on any atom is -0.396 e. The predicted molar refractivity (Wildman–Crippen MR) is 54.8 cm³/mol. The van der Waals surface area contributed by atoms with E-state index < -0.39 is 0 Å². The predicted octanol–water partition coefficient (Wildman–Crippen LogP) is 0.771. The zero-order valence-electron chi connectivity index (χ0n) is 7.79. The van der Waals surface area contributed by atoms with E-state index in [9.17, 15) is 4.79 Å². The topological polar surface area (TPSA) is 49.3 Å². The Kier molecular flexibility index (Phi) is 5.23. The van der Waals surface area contributed by atoms with Gasteiger partial charge in [-0.25, -0.2) is 0 Å². The molecule has 13 heavy (non-hydrogen) atoms. The van der Waals surface area contributed by atoms with Crippen LogP contribution >= 0.6 is 11.8 Å². The lowest BCUT2D eigenvalue weighted by molar-refractivity contribution is -0.121. The van der Waals surface area contributed by atoms with E-state index in [-0.39, 0.29) is 12.5 Å². The molecule has 0 spiro atoms. The Morgan fingerprint density at radius 3 is 3.00 bits per heavy atom. The van der Waals surface area contributed by atoms with Crippen LogP contribution in [0.4, 0.5) is 0 Å². The van der Waals surface area contributed by atoms with Crippen molar-refractivity contribution in [2.75, 3.05) is 18.1 Å². The first-order valence-corrected chi connectivity index (χ1v) is 5.96. The van der Waals surface area contributed by atoms with Crippen LogP contribution in [0.25, 0.3) is 0 Å². The highest BCUT2D eigenvalue weighted by Gasteiger charge is 2.16. The van der Waals surface area contributed by atoms with E-state index in [1.54, 1.807) is 0 Å². The summed E-state index contributed by atoms with van der Waals surface area (Å²) in [5.74, 6) is 2.37. The number of amides is 1. The Morgan fingerprint density at radius 2 is 2.38 bits per heavy atom. The zero-order valence-corrected chi connectivity index (χ0v) is 8.61. The minimum atomic E-state index is 0.140. The van der Waals surface area contributed by atoms with E-state index in [1.807, 2.05) is 11.8 Å². The molecule has 1 saturated heterocycles. The molecule has 3 nitrogen and oxygen atoms in total. The summed E-state index contributed by atoms with van der Waals surface area (Å²) in [6, 6.07) is 0.395. The van der Waals surface area contributed by atoms with Crippen molar-refractivity contribution in [3.63, 3.8) is 0 Å². The molecule has 1 rings (SSSR count). The largest absolute Gasteiger partial charge is 0.396 e. The first kappa shape index (κ1) is 10.9. The van der Waals surface area contributed by atoms with Crippen LogP contribution in [0.3, 0.4) is 0 Å². The normalized spacial score (nSPS) is 21.8. The molecule has 4 heteroatoms. The molecule has 1 atom stereocenters. The van der Waals surface area contributed by atoms with E-state index >= 15 is 0 Å². The number of hydrogen-bond acceptors (Lipinski definition) is 3. The van der Waals surface area contributed by atoms with Gasteiger partial charge in [0.1, 0.15) is 0 Å². The summed E-state index contributed by atoms with van der Waals surface area (Å²) in [6.45, 7) is 0.187. The van der Waals surface area contributed by atoms with Gasteiger partial charge in [0.05, 0.1) is 0 Å². The number of nitrogens with one attached hydrogen (secondary N) is 1. The van der Waals surface area contributed by atoms with E-state index in [4.69, 9.17) is 5.11 Å². The first-order valence-electron chi connectivity index (χ1n) is 4.81. The Balaban J connectivity index is 2.02. The summed E-state index contributed by atoms with van der Waals surface area (Å²) in [6.07, 6.45) is 3.19. The Labute approximate surface area is 83.3 Å². The van der Waals surface area contributed by atoms with Crippen molar-refractivity contribution in [2.45, 2.75) is 31.7 Å². The second-order valence-corrected chi connectivity index (χ2v) is 4.46. The smallest absolute Gasteiger partial charge is 0.220 e. The molecule has 1 aliphatic rings. The molecule has 1 fully saturated rings. The summed E-state index contributed by atoms with van der Waals surface area (Å²) in [4.78, 5) is 11.3. The van der Waals surface area contributed by atoms with Gasteiger partial charge in [0.25, 0.3) is 0 Å². The maximum absolute atomic E-state index is 11.3. The lowest BCUT2D eigenvalue weighted by atomic mass is 10.2. The van der Waals surface area contributed by atoms with Crippen LogP contribution in [0, 0.1) is 0 Å². The van der Waals surface area contributed by atoms with Crippen LogP contribution in [-0.4, -0.2) is 35.2 Å². The van der Waals surface area contributed by atoms with E-state index in [1.165, 1.54) is 5.75 Å². The van der Waals surface area contributed by atoms with Crippen molar-refractivity contribution >= 4 is 17.7 Å². The van der Waals surface area contributed by atoms with Gasteiger partial charge in [-0.3, -0.25) is 4.79 Å². The van der Waals surface area contributed by atoms with Crippen LogP contribution in [-0.2, 0) is 4.79 Å². The van der Waals surface area contributed by atoms with E-state index in [2.05, 4.69) is 5.32 Å². The van der Waals surface area contributed by atoms with Crippen molar-refractivity contribution in [3.05, 3.63) is 0 Å². The lowest BCUT2D eigenvalue weighted by Crippen LogP contribution is -2.34. The number of carbonyl (C=O) groups is 1. The summed E-state index contributed by atoms with van der Waals surface area (Å²) in [7, 11) is 0. The van der Waals surface area contributed by atoms with Crippen molar-refractivity contribution in [1.29, 1.82) is 0 Å². The molecule has 0 aromatic rings. The second-order valence-electron chi connectivity index (χ2n) is 3.31. The molecule has 0 aliphatic carbocycles. The number of carbonyl (C=O) groups excluding carboxylic acids is 1. The number of aliphatic hydroxyl groups is 1. The third-order valence-electron chi connectivity index (χ3n) is 2.11. The van der Waals surface area contributed by atoms with Crippen molar-refractivity contribution in [3.8, 4) is 0 Å². The highest BCUT2D eigenvalue weighted by atomic mass is 32.2. The Bertz CT molecular complexity index is 158. The van der Waals surface area contributed by atoms with Crippen molar-refractivity contribution in [2.24, 2.45) is 0 Å². The Morgan fingerprint density at radius 1 is 1.54 bits per heavy atom. The fourth-order valence-electron chi connectivity index (χ4n) is 1.35. The number of hydrogen-bond donors (Lipinski definition) is 2. The molecule has 1 amide bonds. The molecule has 0 radical (unpaired) electrons. The maximum atomic E-state index is 11.3. The summed E-state index contributed by atoms with van der Waals surface area (Å²) >= 11 is 1.90. The summed E-state index contributed by atoms with van der Waals surface area (Å²) < 4.78 is 0. The van der Waals surface area contributed by atoms with Crippen LogP contribution in [0.5, 0.6) is 0 Å². The van der Waals surface area contributed by atoms with Gasteiger partial charge < -0.3 is 10.4 Å². The molecule has 0 aromatic carbocycles. The van der Waals surface area contributed by atoms with Gasteiger partial charge in [0.2, 0.25) is 5.91 Å². The molecule has 0 saturated carbocycles. The van der Waals surface area contributed by atoms with Crippen LogP contribution in [0.1, 0.15) is 25.7 Å². The molecule has 1 unspecified atom stereocenters. The molecule has 2 N–H and O–H groups in total. The van der Waals surface area contributed by atoms with Crippen molar-refractivity contribution < 1.29 is 9.90 Å². The quantitative estimate of drug-likeness (QED) is 0.649. The van der Waals surface area contributed by atoms with Gasteiger partial charge in [-0.05, 0) is 25.0 Å². The third-order valence-corrected chi connectivity index (χ3v) is 3.27. The van der Waals surface area contributed by atoms with Crippen LogP contribution in [0.2, 0.25) is 0 Å². The average molecular weight is 203 g/mol. The highest BCUT2D eigenvalue weighted by Crippen LogP contribution is 2.17. The SMILES string of the molecule is O=C(CCCCO)NC1CCSC1. The van der Waals surface area contributed by atoms with Gasteiger partial charge in [-0.2, -0.15) is 11.8 Å². The van der Waals surface area contributed by atoms with Gasteiger partial charge in [-0.1, -0.05) is 0 Å².